The molecule has 3 rings (SSSR count). The Labute approximate surface area is 157 Å². The summed E-state index contributed by atoms with van der Waals surface area (Å²) in [6, 6.07) is 14.8. The summed E-state index contributed by atoms with van der Waals surface area (Å²) in [4.78, 5) is 15.0. The lowest BCUT2D eigenvalue weighted by molar-refractivity contribution is -0.148. The lowest BCUT2D eigenvalue weighted by atomic mass is 9.90. The van der Waals surface area contributed by atoms with Gasteiger partial charge in [0, 0.05) is 10.0 Å². The molecule has 0 saturated carbocycles. The van der Waals surface area contributed by atoms with Crippen LogP contribution in [0.25, 0.3) is 5.57 Å². The average Bonchev–Trinajstić information content (AvgIpc) is 2.54. The largest absolute Gasteiger partial charge is 0.477 e. The lowest BCUT2D eigenvalue weighted by Gasteiger charge is -2.44. The zero-order chi connectivity index (χ0) is 18.2. The van der Waals surface area contributed by atoms with Crippen LogP contribution < -0.4 is 0 Å². The van der Waals surface area contributed by atoms with Gasteiger partial charge in [-0.3, -0.25) is 9.69 Å². The Bertz CT molecular complexity index is 811. The molecule has 0 saturated heterocycles. The third-order valence-electron chi connectivity index (χ3n) is 4.45. The predicted molar refractivity (Wildman–Crippen MR) is 101 cm³/mol. The SMILES string of the molecule is CC1OC=C(c2ccccc2)C(=O)N1C(C)(C)c1cc(Cl)cc(Cl)c1. The first-order valence-corrected chi connectivity index (χ1v) is 8.77. The van der Waals surface area contributed by atoms with Gasteiger partial charge in [0.05, 0.1) is 17.4 Å². The number of hydrogen-bond donors (Lipinski definition) is 0. The van der Waals surface area contributed by atoms with Crippen LogP contribution in [0.5, 0.6) is 0 Å². The first-order valence-electron chi connectivity index (χ1n) is 8.02. The summed E-state index contributed by atoms with van der Waals surface area (Å²) in [6.45, 7) is 5.77. The van der Waals surface area contributed by atoms with Crippen molar-refractivity contribution in [3.63, 3.8) is 0 Å². The highest BCUT2D eigenvalue weighted by Gasteiger charge is 2.41. The number of hydrogen-bond acceptors (Lipinski definition) is 2. The van der Waals surface area contributed by atoms with Crippen LogP contribution in [0.1, 0.15) is 31.9 Å². The van der Waals surface area contributed by atoms with E-state index in [9.17, 15) is 4.79 Å². The molecule has 5 heteroatoms. The maximum absolute atomic E-state index is 13.2. The number of rotatable bonds is 3. The minimum absolute atomic E-state index is 0.0916. The predicted octanol–water partition coefficient (Wildman–Crippen LogP) is 5.47. The summed E-state index contributed by atoms with van der Waals surface area (Å²) >= 11 is 12.3. The van der Waals surface area contributed by atoms with Gasteiger partial charge in [0.15, 0.2) is 6.23 Å². The molecule has 0 spiro atoms. The number of benzene rings is 2. The second-order valence-electron chi connectivity index (χ2n) is 6.53. The molecule has 1 unspecified atom stereocenters. The normalized spacial score (nSPS) is 18.0. The Hall–Kier alpha value is -1.97. The van der Waals surface area contributed by atoms with Crippen LogP contribution in [-0.4, -0.2) is 17.0 Å². The van der Waals surface area contributed by atoms with Crippen LogP contribution in [0.2, 0.25) is 10.0 Å². The summed E-state index contributed by atoms with van der Waals surface area (Å²) < 4.78 is 5.77. The first-order chi connectivity index (χ1) is 11.8. The summed E-state index contributed by atoms with van der Waals surface area (Å²) in [5.41, 5.74) is 1.55. The van der Waals surface area contributed by atoms with Crippen molar-refractivity contribution in [1.82, 2.24) is 4.90 Å². The van der Waals surface area contributed by atoms with Gasteiger partial charge >= 0.3 is 0 Å². The van der Waals surface area contributed by atoms with Gasteiger partial charge in [-0.25, -0.2) is 0 Å². The van der Waals surface area contributed by atoms with Crippen molar-refractivity contribution in [1.29, 1.82) is 0 Å². The highest BCUT2D eigenvalue weighted by molar-refractivity contribution is 6.34. The Morgan fingerprint density at radius 3 is 2.24 bits per heavy atom. The number of halogens is 2. The highest BCUT2D eigenvalue weighted by Crippen LogP contribution is 2.37. The lowest BCUT2D eigenvalue weighted by Crippen LogP contribution is -2.53. The molecule has 1 aliphatic heterocycles. The zero-order valence-electron chi connectivity index (χ0n) is 14.3. The van der Waals surface area contributed by atoms with E-state index in [0.717, 1.165) is 11.1 Å². The Morgan fingerprint density at radius 1 is 1.04 bits per heavy atom. The van der Waals surface area contributed by atoms with Gasteiger partial charge in [-0.05, 0) is 50.1 Å². The molecule has 1 atom stereocenters. The standard InChI is InChI=1S/C20H19Cl2NO2/c1-13-23(20(2,3)15-9-16(21)11-17(22)10-15)19(24)18(12-25-13)14-7-5-4-6-8-14/h4-13H,1-3H3. The van der Waals surface area contributed by atoms with E-state index in [4.69, 9.17) is 27.9 Å². The molecule has 2 aromatic rings. The molecule has 0 radical (unpaired) electrons. The molecule has 0 fully saturated rings. The molecule has 130 valence electrons. The second-order valence-corrected chi connectivity index (χ2v) is 7.40. The van der Waals surface area contributed by atoms with E-state index in [0.29, 0.717) is 15.6 Å². The van der Waals surface area contributed by atoms with Crippen molar-refractivity contribution in [3.05, 3.63) is 76.0 Å². The fourth-order valence-corrected chi connectivity index (χ4v) is 3.66. The van der Waals surface area contributed by atoms with Crippen molar-refractivity contribution < 1.29 is 9.53 Å². The third-order valence-corrected chi connectivity index (χ3v) is 4.89. The molecular formula is C20H19Cl2NO2. The van der Waals surface area contributed by atoms with Crippen LogP contribution in [-0.2, 0) is 15.1 Å². The van der Waals surface area contributed by atoms with E-state index < -0.39 is 11.8 Å². The Morgan fingerprint density at radius 2 is 1.64 bits per heavy atom. The van der Waals surface area contributed by atoms with Crippen molar-refractivity contribution in [3.8, 4) is 0 Å². The number of nitrogens with zero attached hydrogens (tertiary/aromatic N) is 1. The van der Waals surface area contributed by atoms with E-state index in [1.54, 1.807) is 17.2 Å². The quantitative estimate of drug-likeness (QED) is 0.711. The smallest absolute Gasteiger partial charge is 0.261 e. The van der Waals surface area contributed by atoms with Crippen LogP contribution in [0, 0.1) is 0 Å². The number of carbonyl (C=O) groups is 1. The van der Waals surface area contributed by atoms with E-state index in [1.165, 1.54) is 0 Å². The van der Waals surface area contributed by atoms with Gasteiger partial charge in [-0.1, -0.05) is 53.5 Å². The van der Waals surface area contributed by atoms with Gasteiger partial charge in [-0.15, -0.1) is 0 Å². The molecule has 1 heterocycles. The van der Waals surface area contributed by atoms with Crippen LogP contribution in [0.3, 0.4) is 0 Å². The molecule has 0 aromatic heterocycles. The maximum Gasteiger partial charge on any atom is 0.261 e. The van der Waals surface area contributed by atoms with E-state index in [2.05, 4.69) is 0 Å². The highest BCUT2D eigenvalue weighted by atomic mass is 35.5. The van der Waals surface area contributed by atoms with Crippen molar-refractivity contribution in [2.75, 3.05) is 0 Å². The number of carbonyl (C=O) groups excluding carboxylic acids is 1. The van der Waals surface area contributed by atoms with Gasteiger partial charge < -0.3 is 4.74 Å². The van der Waals surface area contributed by atoms with Crippen molar-refractivity contribution in [2.24, 2.45) is 0 Å². The van der Waals surface area contributed by atoms with E-state index in [-0.39, 0.29) is 5.91 Å². The monoisotopic (exact) mass is 375 g/mol. The zero-order valence-corrected chi connectivity index (χ0v) is 15.8. The number of amides is 1. The Balaban J connectivity index is 2.03. The van der Waals surface area contributed by atoms with Gasteiger partial charge in [0.25, 0.3) is 5.91 Å². The van der Waals surface area contributed by atoms with Crippen molar-refractivity contribution in [2.45, 2.75) is 32.5 Å². The second kappa shape index (κ2) is 6.74. The van der Waals surface area contributed by atoms with Crippen LogP contribution in [0.15, 0.2) is 54.8 Å². The average molecular weight is 376 g/mol. The summed E-state index contributed by atoms with van der Waals surface area (Å²) in [7, 11) is 0. The maximum atomic E-state index is 13.2. The van der Waals surface area contributed by atoms with Gasteiger partial charge in [0.2, 0.25) is 0 Å². The van der Waals surface area contributed by atoms with Gasteiger partial charge in [-0.2, -0.15) is 0 Å². The molecule has 0 bridgehead atoms. The summed E-state index contributed by atoms with van der Waals surface area (Å²) in [5.74, 6) is -0.0916. The molecule has 0 N–H and O–H groups in total. The fraction of sp³-hybridized carbons (Fsp3) is 0.250. The van der Waals surface area contributed by atoms with E-state index >= 15 is 0 Å². The third kappa shape index (κ3) is 3.39. The fourth-order valence-electron chi connectivity index (χ4n) is 3.14. The molecular weight excluding hydrogens is 357 g/mol. The molecule has 2 aromatic carbocycles. The first kappa shape index (κ1) is 17.8. The van der Waals surface area contributed by atoms with E-state index in [1.807, 2.05) is 63.2 Å². The molecule has 0 aliphatic carbocycles. The minimum Gasteiger partial charge on any atom is -0.477 e. The Kier molecular flexibility index (Phi) is 4.81. The molecule has 1 amide bonds. The topological polar surface area (TPSA) is 29.5 Å². The molecule has 1 aliphatic rings. The molecule has 3 nitrogen and oxygen atoms in total. The van der Waals surface area contributed by atoms with Gasteiger partial charge in [0.1, 0.15) is 0 Å². The van der Waals surface area contributed by atoms with Crippen molar-refractivity contribution >= 4 is 34.7 Å². The van der Waals surface area contributed by atoms with Crippen LogP contribution >= 0.6 is 23.2 Å². The number of ether oxygens (including phenoxy) is 1. The summed E-state index contributed by atoms with van der Waals surface area (Å²) in [6.07, 6.45) is 1.13. The summed E-state index contributed by atoms with van der Waals surface area (Å²) in [5, 5.41) is 1.07. The van der Waals surface area contributed by atoms with Crippen LogP contribution in [0.4, 0.5) is 0 Å². The minimum atomic E-state index is -0.653. The molecule has 25 heavy (non-hydrogen) atoms.